The van der Waals surface area contributed by atoms with Gasteiger partial charge in [0.15, 0.2) is 5.69 Å². The number of benzene rings is 2. The summed E-state index contributed by atoms with van der Waals surface area (Å²) in [7, 11) is 0. The van der Waals surface area contributed by atoms with Crippen LogP contribution in [0.5, 0.6) is 11.7 Å². The number of hydrogen-bond acceptors (Lipinski definition) is 6. The Morgan fingerprint density at radius 1 is 1.00 bits per heavy atom. The standard InChI is InChI=1S/C27H25N3O6/c31-24(32)12-10-18-9-11-21(16-20(18)17-29-25(33)22-8-4-5-14-28-22)35-15-13-23-27(34)36-26(30-23)19-6-2-1-3-7-19/h1-9,11,14,16,34H,10,12-13,15,17H2,(H,29,33)(H,31,32)/p+1. The molecule has 9 heteroatoms. The molecular weight excluding hydrogens is 462 g/mol. The van der Waals surface area contributed by atoms with Crippen molar-refractivity contribution in [2.45, 2.75) is 25.8 Å². The van der Waals surface area contributed by atoms with Gasteiger partial charge in [-0.15, -0.1) is 0 Å². The quantitative estimate of drug-likeness (QED) is 0.307. The SMILES string of the molecule is O=C(O)CCc1ccc(OCCc2nc(-c3ccccc3)oc2[OH2+])cc1CNC(=O)c1ccccn1. The van der Waals surface area contributed by atoms with Crippen LogP contribution in [0.25, 0.3) is 11.5 Å². The molecule has 4 rings (SSSR count). The van der Waals surface area contributed by atoms with E-state index in [1.165, 1.54) is 0 Å². The van der Waals surface area contributed by atoms with Gasteiger partial charge < -0.3 is 20.3 Å². The van der Waals surface area contributed by atoms with Gasteiger partial charge in [0, 0.05) is 25.6 Å². The van der Waals surface area contributed by atoms with E-state index >= 15 is 0 Å². The highest BCUT2D eigenvalue weighted by atomic mass is 16.5. The molecule has 0 spiro atoms. The maximum Gasteiger partial charge on any atom is 0.482 e. The lowest BCUT2D eigenvalue weighted by Gasteiger charge is -2.13. The number of carboxylic acids is 1. The summed E-state index contributed by atoms with van der Waals surface area (Å²) in [5.74, 6) is -0.264. The van der Waals surface area contributed by atoms with Crippen molar-refractivity contribution < 1.29 is 29.0 Å². The number of rotatable bonds is 11. The number of nitrogens with one attached hydrogen (secondary N) is 1. The number of oxazole rings is 1. The normalized spacial score (nSPS) is 10.7. The molecule has 9 nitrogen and oxygen atoms in total. The lowest BCUT2D eigenvalue weighted by Crippen LogP contribution is -2.24. The van der Waals surface area contributed by atoms with Crippen molar-refractivity contribution in [2.75, 3.05) is 6.61 Å². The fraction of sp³-hybridized carbons (Fsp3) is 0.185. The number of carbonyl (C=O) groups excluding carboxylic acids is 1. The number of aliphatic carboxylic acids is 1. The summed E-state index contributed by atoms with van der Waals surface area (Å²) in [5.41, 5.74) is 3.16. The van der Waals surface area contributed by atoms with Gasteiger partial charge in [-0.25, -0.2) is 0 Å². The summed E-state index contributed by atoms with van der Waals surface area (Å²) >= 11 is 0. The predicted octanol–water partition coefficient (Wildman–Crippen LogP) is 3.74. The first kappa shape index (κ1) is 24.5. The molecule has 0 aliphatic carbocycles. The average molecular weight is 489 g/mol. The molecule has 0 saturated carbocycles. The van der Waals surface area contributed by atoms with Crippen molar-refractivity contribution in [3.05, 3.63) is 95.4 Å². The molecule has 2 aromatic carbocycles. The number of amides is 1. The van der Waals surface area contributed by atoms with Gasteiger partial charge >= 0.3 is 17.8 Å². The Kier molecular flexibility index (Phi) is 7.92. The number of carbonyl (C=O) groups is 2. The van der Waals surface area contributed by atoms with Crippen LogP contribution < -0.4 is 10.1 Å². The predicted molar refractivity (Wildman–Crippen MR) is 132 cm³/mol. The lowest BCUT2D eigenvalue weighted by molar-refractivity contribution is -0.136. The Bertz CT molecular complexity index is 1320. The first-order chi connectivity index (χ1) is 17.5. The summed E-state index contributed by atoms with van der Waals surface area (Å²) in [6, 6.07) is 19.8. The van der Waals surface area contributed by atoms with Crippen molar-refractivity contribution >= 4 is 11.9 Å². The molecule has 2 aromatic heterocycles. The fourth-order valence-electron chi connectivity index (χ4n) is 3.60. The van der Waals surface area contributed by atoms with Crippen molar-refractivity contribution in [3.63, 3.8) is 0 Å². The minimum absolute atomic E-state index is 0.000561. The number of pyridine rings is 1. The second-order valence-electron chi connectivity index (χ2n) is 7.98. The fourth-order valence-corrected chi connectivity index (χ4v) is 3.60. The average Bonchev–Trinajstić information content (AvgIpc) is 3.27. The summed E-state index contributed by atoms with van der Waals surface area (Å²) < 4.78 is 11.4. The zero-order valence-electron chi connectivity index (χ0n) is 19.4. The molecule has 0 radical (unpaired) electrons. The zero-order chi connectivity index (χ0) is 25.3. The third-order valence-electron chi connectivity index (χ3n) is 5.45. The van der Waals surface area contributed by atoms with Gasteiger partial charge in [-0.2, -0.15) is 4.98 Å². The van der Waals surface area contributed by atoms with Crippen LogP contribution in [0.15, 0.2) is 77.3 Å². The molecule has 2 heterocycles. The van der Waals surface area contributed by atoms with Gasteiger partial charge in [-0.1, -0.05) is 30.3 Å². The summed E-state index contributed by atoms with van der Waals surface area (Å²) in [4.78, 5) is 31.9. The Morgan fingerprint density at radius 3 is 2.56 bits per heavy atom. The van der Waals surface area contributed by atoms with Crippen molar-refractivity contribution in [1.82, 2.24) is 15.3 Å². The molecule has 0 unspecified atom stereocenters. The van der Waals surface area contributed by atoms with E-state index in [-0.39, 0.29) is 31.4 Å². The first-order valence-corrected chi connectivity index (χ1v) is 11.4. The number of aromatic nitrogens is 2. The van der Waals surface area contributed by atoms with E-state index in [0.29, 0.717) is 35.9 Å². The largest absolute Gasteiger partial charge is 0.565 e. The highest BCUT2D eigenvalue weighted by Gasteiger charge is 2.21. The topological polar surface area (TPSA) is 137 Å². The Labute approximate surface area is 207 Å². The minimum Gasteiger partial charge on any atom is -0.565 e. The maximum atomic E-state index is 12.4. The third kappa shape index (κ3) is 6.47. The van der Waals surface area contributed by atoms with Crippen LogP contribution in [0.1, 0.15) is 33.7 Å². The molecule has 4 aromatic rings. The Hall–Kier alpha value is -4.66. The second-order valence-corrected chi connectivity index (χ2v) is 7.98. The van der Waals surface area contributed by atoms with E-state index in [1.807, 2.05) is 30.3 Å². The highest BCUT2D eigenvalue weighted by Crippen LogP contribution is 2.27. The molecule has 36 heavy (non-hydrogen) atoms. The minimum atomic E-state index is -0.896. The van der Waals surface area contributed by atoms with Crippen LogP contribution in [0.2, 0.25) is 0 Å². The second kappa shape index (κ2) is 11.7. The van der Waals surface area contributed by atoms with Crippen LogP contribution in [-0.2, 0) is 24.2 Å². The molecule has 0 aliphatic heterocycles. The number of hydrogen-bond donors (Lipinski definition) is 2. The van der Waals surface area contributed by atoms with E-state index in [2.05, 4.69) is 15.3 Å². The molecule has 4 N–H and O–H groups in total. The van der Waals surface area contributed by atoms with Crippen LogP contribution in [0.4, 0.5) is 0 Å². The lowest BCUT2D eigenvalue weighted by atomic mass is 10.0. The monoisotopic (exact) mass is 488 g/mol. The number of aryl methyl sites for hydroxylation is 1. The third-order valence-corrected chi connectivity index (χ3v) is 5.45. The van der Waals surface area contributed by atoms with Gasteiger partial charge in [-0.3, -0.25) is 19.0 Å². The zero-order valence-corrected chi connectivity index (χ0v) is 19.4. The molecule has 184 valence electrons. The van der Waals surface area contributed by atoms with Crippen molar-refractivity contribution in [1.29, 1.82) is 0 Å². The maximum absolute atomic E-state index is 12.4. The highest BCUT2D eigenvalue weighted by molar-refractivity contribution is 5.92. The van der Waals surface area contributed by atoms with E-state index in [0.717, 1.165) is 16.7 Å². The van der Waals surface area contributed by atoms with Gasteiger partial charge in [0.25, 0.3) is 5.91 Å². The molecule has 0 bridgehead atoms. The summed E-state index contributed by atoms with van der Waals surface area (Å²) in [6.07, 6.45) is 2.22. The Balaban J connectivity index is 1.41. The Morgan fingerprint density at radius 2 is 1.81 bits per heavy atom. The number of ether oxygens (including phenoxy) is 1. The van der Waals surface area contributed by atoms with Gasteiger partial charge in [0.05, 0.1) is 12.2 Å². The van der Waals surface area contributed by atoms with Crippen LogP contribution in [-0.4, -0.2) is 38.7 Å². The molecule has 0 atom stereocenters. The van der Waals surface area contributed by atoms with E-state index < -0.39 is 5.97 Å². The molecule has 0 saturated heterocycles. The van der Waals surface area contributed by atoms with Crippen molar-refractivity contribution in [3.8, 4) is 23.1 Å². The van der Waals surface area contributed by atoms with Crippen molar-refractivity contribution in [2.24, 2.45) is 0 Å². The van der Waals surface area contributed by atoms with Crippen LogP contribution in [0.3, 0.4) is 0 Å². The number of nitrogens with zero attached hydrogens (tertiary/aromatic N) is 2. The molecular formula is C27H26N3O6+. The van der Waals surface area contributed by atoms with Gasteiger partial charge in [-0.05, 0) is 53.9 Å². The van der Waals surface area contributed by atoms with Crippen LogP contribution in [0, 0.1) is 0 Å². The van der Waals surface area contributed by atoms with Crippen LogP contribution >= 0.6 is 0 Å². The molecule has 1 amide bonds. The first-order valence-electron chi connectivity index (χ1n) is 11.4. The van der Waals surface area contributed by atoms with Gasteiger partial charge in [0.1, 0.15) is 11.4 Å². The number of carboxylic acid groups (broad SMARTS) is 1. The summed E-state index contributed by atoms with van der Waals surface area (Å²) in [6.45, 7) is 0.461. The smallest absolute Gasteiger partial charge is 0.482 e. The molecule has 0 aliphatic rings. The van der Waals surface area contributed by atoms with E-state index in [9.17, 15) is 9.59 Å². The summed E-state index contributed by atoms with van der Waals surface area (Å²) in [5, 5.41) is 20.0. The van der Waals surface area contributed by atoms with Gasteiger partial charge in [0.2, 0.25) is 0 Å². The molecule has 0 fully saturated rings. The van der Waals surface area contributed by atoms with E-state index in [1.54, 1.807) is 42.6 Å². The van der Waals surface area contributed by atoms with E-state index in [4.69, 9.17) is 19.4 Å².